The van der Waals surface area contributed by atoms with E-state index in [0.29, 0.717) is 11.5 Å². The van der Waals surface area contributed by atoms with Crippen molar-refractivity contribution in [3.63, 3.8) is 0 Å². The summed E-state index contributed by atoms with van der Waals surface area (Å²) < 4.78 is 5.67. The molecule has 0 aliphatic heterocycles. The highest BCUT2D eigenvalue weighted by molar-refractivity contribution is 5.75. The lowest BCUT2D eigenvalue weighted by Crippen LogP contribution is -2.04. The van der Waals surface area contributed by atoms with Crippen LogP contribution in [0.3, 0.4) is 0 Å². The van der Waals surface area contributed by atoms with Gasteiger partial charge in [-0.1, -0.05) is 40.0 Å². The zero-order valence-corrected chi connectivity index (χ0v) is 12.3. The summed E-state index contributed by atoms with van der Waals surface area (Å²) in [5.41, 5.74) is 0.564. The Kier molecular flexibility index (Phi) is 7.24. The minimum Gasteiger partial charge on any atom is -0.494 e. The van der Waals surface area contributed by atoms with Crippen molar-refractivity contribution in [1.29, 1.82) is 0 Å². The molecule has 1 aromatic rings. The molecule has 1 aromatic carbocycles. The molecule has 1 atom stereocenters. The molecule has 0 N–H and O–H groups in total. The number of hydrogen-bond donors (Lipinski definition) is 0. The molecular weight excluding hydrogens is 236 g/mol. The summed E-state index contributed by atoms with van der Waals surface area (Å²) in [5.74, 6) is 2.34. The molecule has 0 aliphatic rings. The molecule has 19 heavy (non-hydrogen) atoms. The van der Waals surface area contributed by atoms with Crippen LogP contribution < -0.4 is 4.74 Å². The number of hydrogen-bond acceptors (Lipinski definition) is 2. The van der Waals surface area contributed by atoms with Crippen molar-refractivity contribution >= 4 is 6.29 Å². The number of rotatable bonds is 9. The molecule has 1 rings (SSSR count). The van der Waals surface area contributed by atoms with Gasteiger partial charge in [-0.3, -0.25) is 4.79 Å². The Morgan fingerprint density at radius 2 is 1.74 bits per heavy atom. The predicted octanol–water partition coefficient (Wildman–Crippen LogP) is 4.38. The lowest BCUT2D eigenvalue weighted by molar-refractivity contribution is 0.275. The van der Waals surface area contributed by atoms with E-state index in [-0.39, 0.29) is 0 Å². The van der Waals surface area contributed by atoms with Crippen molar-refractivity contribution in [3.8, 4) is 5.75 Å². The van der Waals surface area contributed by atoms with Crippen LogP contribution in [0.25, 0.3) is 0 Å². The first kappa shape index (κ1) is 15.7. The first-order chi connectivity index (χ1) is 9.11. The molecule has 0 spiro atoms. The van der Waals surface area contributed by atoms with E-state index in [1.165, 1.54) is 19.3 Å². The molecule has 0 bridgehead atoms. The standard InChI is InChI=1S/C17H25O2/c1-14(2)5-4-6-15(3)11-12-19-17-9-7-16(13-18)8-10-17/h7-10,14-15H,4-6,11-12H2,1-3H3. The molecule has 2 heteroatoms. The van der Waals surface area contributed by atoms with Gasteiger partial charge in [-0.2, -0.15) is 0 Å². The average Bonchev–Trinajstić information content (AvgIpc) is 2.39. The molecule has 0 saturated carbocycles. The number of benzene rings is 1. The fraction of sp³-hybridized carbons (Fsp3) is 0.588. The minimum absolute atomic E-state index is 0.564. The molecule has 2 nitrogen and oxygen atoms in total. The maximum Gasteiger partial charge on any atom is 0.233 e. The van der Waals surface area contributed by atoms with E-state index in [1.807, 2.05) is 18.4 Å². The second kappa shape index (κ2) is 8.73. The largest absolute Gasteiger partial charge is 0.494 e. The normalized spacial score (nSPS) is 12.4. The molecule has 0 fully saturated rings. The zero-order valence-electron chi connectivity index (χ0n) is 12.3. The molecule has 105 valence electrons. The summed E-state index contributed by atoms with van der Waals surface area (Å²) in [6, 6.07) is 7.11. The van der Waals surface area contributed by atoms with E-state index >= 15 is 0 Å². The van der Waals surface area contributed by atoms with Gasteiger partial charge in [-0.15, -0.1) is 0 Å². The minimum atomic E-state index is 0.564. The van der Waals surface area contributed by atoms with E-state index in [0.717, 1.165) is 24.7 Å². The summed E-state index contributed by atoms with van der Waals surface area (Å²) in [6.45, 7) is 7.57. The van der Waals surface area contributed by atoms with Gasteiger partial charge in [0.15, 0.2) is 0 Å². The van der Waals surface area contributed by atoms with Crippen LogP contribution in [-0.2, 0) is 4.79 Å². The highest BCUT2D eigenvalue weighted by atomic mass is 16.5. The quantitative estimate of drug-likeness (QED) is 0.659. The summed E-state index contributed by atoms with van der Waals surface area (Å²) in [7, 11) is 0. The third kappa shape index (κ3) is 7.00. The molecule has 0 amide bonds. The Bertz CT molecular complexity index is 354. The summed E-state index contributed by atoms with van der Waals surface area (Å²) in [6.07, 6.45) is 6.84. The van der Waals surface area contributed by atoms with Crippen LogP contribution in [0.5, 0.6) is 5.75 Å². The molecule has 0 aliphatic carbocycles. The average molecular weight is 261 g/mol. The SMILES string of the molecule is CC(C)CCCC(C)CCOc1ccc([C]=O)cc1. The maximum absolute atomic E-state index is 10.4. The van der Waals surface area contributed by atoms with Gasteiger partial charge in [0.25, 0.3) is 0 Å². The first-order valence-corrected chi connectivity index (χ1v) is 7.23. The first-order valence-electron chi connectivity index (χ1n) is 7.23. The van der Waals surface area contributed by atoms with E-state index in [1.54, 1.807) is 12.1 Å². The predicted molar refractivity (Wildman–Crippen MR) is 79.2 cm³/mol. The Labute approximate surface area is 117 Å². The Hall–Kier alpha value is -1.31. The van der Waals surface area contributed by atoms with Crippen molar-refractivity contribution in [2.75, 3.05) is 6.61 Å². The van der Waals surface area contributed by atoms with Gasteiger partial charge in [0.05, 0.1) is 6.61 Å². The Morgan fingerprint density at radius 1 is 1.05 bits per heavy atom. The Morgan fingerprint density at radius 3 is 2.32 bits per heavy atom. The van der Waals surface area contributed by atoms with Crippen molar-refractivity contribution in [1.82, 2.24) is 0 Å². The third-order valence-corrected chi connectivity index (χ3v) is 3.33. The molecule has 1 unspecified atom stereocenters. The second-order valence-corrected chi connectivity index (χ2v) is 5.69. The van der Waals surface area contributed by atoms with Crippen LogP contribution in [0.15, 0.2) is 24.3 Å². The smallest absolute Gasteiger partial charge is 0.233 e. The van der Waals surface area contributed by atoms with Gasteiger partial charge in [-0.25, -0.2) is 0 Å². The van der Waals surface area contributed by atoms with Gasteiger partial charge in [0.1, 0.15) is 5.75 Å². The van der Waals surface area contributed by atoms with E-state index in [9.17, 15) is 4.79 Å². The molecule has 0 aromatic heterocycles. The van der Waals surface area contributed by atoms with Crippen LogP contribution >= 0.6 is 0 Å². The topological polar surface area (TPSA) is 26.3 Å². The third-order valence-electron chi connectivity index (χ3n) is 3.33. The molecule has 1 radical (unpaired) electrons. The van der Waals surface area contributed by atoms with Crippen LogP contribution in [-0.4, -0.2) is 12.9 Å². The van der Waals surface area contributed by atoms with Crippen LogP contribution in [0.1, 0.15) is 52.0 Å². The highest BCUT2D eigenvalue weighted by Gasteiger charge is 2.04. The van der Waals surface area contributed by atoms with Crippen molar-refractivity contribution in [3.05, 3.63) is 29.8 Å². The van der Waals surface area contributed by atoms with E-state index in [2.05, 4.69) is 20.8 Å². The Balaban J connectivity index is 2.16. The fourth-order valence-electron chi connectivity index (χ4n) is 2.02. The van der Waals surface area contributed by atoms with Crippen LogP contribution in [0, 0.1) is 11.8 Å². The second-order valence-electron chi connectivity index (χ2n) is 5.69. The zero-order chi connectivity index (χ0) is 14.1. The van der Waals surface area contributed by atoms with E-state index < -0.39 is 0 Å². The molecule has 0 heterocycles. The number of ether oxygens (including phenoxy) is 1. The van der Waals surface area contributed by atoms with Gasteiger partial charge in [-0.05, 0) is 42.5 Å². The summed E-state index contributed by atoms with van der Waals surface area (Å²) in [4.78, 5) is 10.4. The van der Waals surface area contributed by atoms with Crippen molar-refractivity contribution in [2.24, 2.45) is 11.8 Å². The van der Waals surface area contributed by atoms with Gasteiger partial charge in [0.2, 0.25) is 6.29 Å². The highest BCUT2D eigenvalue weighted by Crippen LogP contribution is 2.16. The van der Waals surface area contributed by atoms with Gasteiger partial charge in [0, 0.05) is 5.56 Å². The summed E-state index contributed by atoms with van der Waals surface area (Å²) >= 11 is 0. The van der Waals surface area contributed by atoms with Gasteiger partial charge < -0.3 is 4.74 Å². The number of carbonyl (C=O) groups excluding carboxylic acids is 1. The summed E-state index contributed by atoms with van der Waals surface area (Å²) in [5, 5.41) is 0. The van der Waals surface area contributed by atoms with Crippen molar-refractivity contribution < 1.29 is 9.53 Å². The fourth-order valence-corrected chi connectivity index (χ4v) is 2.02. The van der Waals surface area contributed by atoms with Crippen LogP contribution in [0.4, 0.5) is 0 Å². The lowest BCUT2D eigenvalue weighted by Gasteiger charge is -2.13. The van der Waals surface area contributed by atoms with E-state index in [4.69, 9.17) is 4.74 Å². The monoisotopic (exact) mass is 261 g/mol. The van der Waals surface area contributed by atoms with Gasteiger partial charge >= 0.3 is 0 Å². The maximum atomic E-state index is 10.4. The lowest BCUT2D eigenvalue weighted by atomic mass is 9.98. The van der Waals surface area contributed by atoms with Crippen LogP contribution in [0.2, 0.25) is 0 Å². The van der Waals surface area contributed by atoms with Crippen molar-refractivity contribution in [2.45, 2.75) is 46.5 Å². The molecule has 0 saturated heterocycles. The molecular formula is C17H25O2.